The normalized spacial score (nSPS) is 15.8. The highest BCUT2D eigenvalue weighted by Gasteiger charge is 2.20. The number of ether oxygens (including phenoxy) is 1. The van der Waals surface area contributed by atoms with Crippen molar-refractivity contribution in [3.05, 3.63) is 36.5 Å². The Morgan fingerprint density at radius 3 is 2.83 bits per heavy atom. The van der Waals surface area contributed by atoms with Gasteiger partial charge in [0.15, 0.2) is 0 Å². The van der Waals surface area contributed by atoms with E-state index in [0.717, 1.165) is 49.1 Å². The van der Waals surface area contributed by atoms with Crippen LogP contribution >= 0.6 is 0 Å². The number of anilines is 1. The molecule has 4 rings (SSSR count). The van der Waals surface area contributed by atoms with Crippen LogP contribution in [0.3, 0.4) is 0 Å². The van der Waals surface area contributed by atoms with Gasteiger partial charge in [0.25, 0.3) is 0 Å². The zero-order valence-electron chi connectivity index (χ0n) is 13.2. The molecule has 1 saturated heterocycles. The van der Waals surface area contributed by atoms with Gasteiger partial charge in [0.2, 0.25) is 5.95 Å². The first kappa shape index (κ1) is 14.9. The Bertz CT molecular complexity index is 857. The molecule has 3 aromatic rings. The van der Waals surface area contributed by atoms with Gasteiger partial charge in [-0.25, -0.2) is 15.0 Å². The van der Waals surface area contributed by atoms with Crippen molar-refractivity contribution in [1.29, 1.82) is 0 Å². The molecule has 7 nitrogen and oxygen atoms in total. The molecule has 24 heavy (non-hydrogen) atoms. The summed E-state index contributed by atoms with van der Waals surface area (Å²) in [7, 11) is 0. The van der Waals surface area contributed by atoms with Crippen molar-refractivity contribution in [2.24, 2.45) is 5.92 Å². The topological polar surface area (TPSA) is 99.1 Å². The Balaban J connectivity index is 1.85. The van der Waals surface area contributed by atoms with Gasteiger partial charge in [-0.15, -0.1) is 0 Å². The lowest BCUT2D eigenvalue weighted by molar-refractivity contribution is 0.0663. The summed E-state index contributed by atoms with van der Waals surface area (Å²) in [5.41, 5.74) is 8.05. The summed E-state index contributed by atoms with van der Waals surface area (Å²) in [6, 6.07) is 3.34. The van der Waals surface area contributed by atoms with Crippen molar-refractivity contribution in [2.45, 2.75) is 19.3 Å². The standard InChI is InChI=1S/C17H19N5O2/c18-16-14(23)2-1-12-15(16)13(9-11-3-7-24-8-4-11)21-17(20-12)22-6-5-19-10-22/h1-2,5-6,10-11,23H,3-4,7-9,18H2. The van der Waals surface area contributed by atoms with Crippen molar-refractivity contribution in [3.63, 3.8) is 0 Å². The number of imidazole rings is 1. The van der Waals surface area contributed by atoms with Gasteiger partial charge in [-0.2, -0.15) is 0 Å². The number of fused-ring (bicyclic) bond motifs is 1. The number of aromatic nitrogens is 4. The van der Waals surface area contributed by atoms with Crippen LogP contribution in [0, 0.1) is 5.92 Å². The van der Waals surface area contributed by atoms with Crippen LogP contribution in [0.4, 0.5) is 5.69 Å². The van der Waals surface area contributed by atoms with E-state index >= 15 is 0 Å². The smallest absolute Gasteiger partial charge is 0.235 e. The highest BCUT2D eigenvalue weighted by atomic mass is 16.5. The number of hydrogen-bond acceptors (Lipinski definition) is 6. The van der Waals surface area contributed by atoms with E-state index in [-0.39, 0.29) is 5.75 Å². The van der Waals surface area contributed by atoms with E-state index in [0.29, 0.717) is 17.6 Å². The van der Waals surface area contributed by atoms with E-state index in [9.17, 15) is 5.11 Å². The summed E-state index contributed by atoms with van der Waals surface area (Å²) in [6.45, 7) is 1.56. The van der Waals surface area contributed by atoms with Gasteiger partial charge in [-0.3, -0.25) is 4.57 Å². The first-order chi connectivity index (χ1) is 11.7. The minimum Gasteiger partial charge on any atom is -0.506 e. The third-order valence-electron chi connectivity index (χ3n) is 4.50. The molecule has 0 saturated carbocycles. The molecule has 0 atom stereocenters. The van der Waals surface area contributed by atoms with Crippen LogP contribution in [0.2, 0.25) is 0 Å². The van der Waals surface area contributed by atoms with E-state index < -0.39 is 0 Å². The Morgan fingerprint density at radius 1 is 1.25 bits per heavy atom. The molecular weight excluding hydrogens is 306 g/mol. The van der Waals surface area contributed by atoms with Crippen LogP contribution in [0.1, 0.15) is 18.5 Å². The second-order valence-corrected chi connectivity index (χ2v) is 6.09. The minimum atomic E-state index is 0.0645. The van der Waals surface area contributed by atoms with Crippen LogP contribution in [-0.2, 0) is 11.2 Å². The zero-order chi connectivity index (χ0) is 16.5. The average Bonchev–Trinajstić information content (AvgIpc) is 3.13. The maximum Gasteiger partial charge on any atom is 0.235 e. The second-order valence-electron chi connectivity index (χ2n) is 6.09. The number of nitrogens with zero attached hydrogens (tertiary/aromatic N) is 4. The number of nitrogen functional groups attached to an aromatic ring is 1. The predicted molar refractivity (Wildman–Crippen MR) is 90.0 cm³/mol. The van der Waals surface area contributed by atoms with Gasteiger partial charge in [0.05, 0.1) is 16.9 Å². The predicted octanol–water partition coefficient (Wildman–Crippen LogP) is 2.07. The summed E-state index contributed by atoms with van der Waals surface area (Å²) >= 11 is 0. The maximum atomic E-state index is 9.99. The molecule has 0 amide bonds. The first-order valence-electron chi connectivity index (χ1n) is 8.06. The van der Waals surface area contributed by atoms with E-state index in [1.807, 2.05) is 6.20 Å². The molecule has 124 valence electrons. The number of phenolic OH excluding ortho intramolecular Hbond substituents is 1. The minimum absolute atomic E-state index is 0.0645. The number of hydrogen-bond donors (Lipinski definition) is 2. The van der Waals surface area contributed by atoms with Crippen molar-refractivity contribution < 1.29 is 9.84 Å². The molecule has 0 radical (unpaired) electrons. The molecule has 0 aliphatic carbocycles. The van der Waals surface area contributed by atoms with Crippen LogP contribution in [-0.4, -0.2) is 37.8 Å². The molecule has 0 spiro atoms. The van der Waals surface area contributed by atoms with E-state index in [1.54, 1.807) is 29.2 Å². The van der Waals surface area contributed by atoms with E-state index in [4.69, 9.17) is 15.5 Å². The molecule has 1 aliphatic rings. The second kappa shape index (κ2) is 6.09. The van der Waals surface area contributed by atoms with Gasteiger partial charge in [0, 0.05) is 31.0 Å². The fourth-order valence-electron chi connectivity index (χ4n) is 3.17. The Kier molecular flexibility index (Phi) is 3.78. The number of nitrogens with two attached hydrogens (primary N) is 1. The summed E-state index contributed by atoms with van der Waals surface area (Å²) in [5.74, 6) is 1.12. The number of benzene rings is 1. The van der Waals surface area contributed by atoms with Crippen LogP contribution < -0.4 is 5.73 Å². The Labute approximate surface area is 139 Å². The van der Waals surface area contributed by atoms with Crippen molar-refractivity contribution in [3.8, 4) is 11.7 Å². The van der Waals surface area contributed by atoms with Gasteiger partial charge in [-0.05, 0) is 37.3 Å². The van der Waals surface area contributed by atoms with E-state index in [2.05, 4.69) is 9.97 Å². The summed E-state index contributed by atoms with van der Waals surface area (Å²) in [4.78, 5) is 13.3. The quantitative estimate of drug-likeness (QED) is 0.565. The lowest BCUT2D eigenvalue weighted by Crippen LogP contribution is -2.19. The zero-order valence-corrected chi connectivity index (χ0v) is 13.2. The van der Waals surface area contributed by atoms with Crippen LogP contribution in [0.5, 0.6) is 5.75 Å². The third-order valence-corrected chi connectivity index (χ3v) is 4.50. The Morgan fingerprint density at radius 2 is 2.08 bits per heavy atom. The summed E-state index contributed by atoms with van der Waals surface area (Å²) in [5, 5.41) is 10.7. The summed E-state index contributed by atoms with van der Waals surface area (Å²) in [6.07, 6.45) is 7.97. The fourth-order valence-corrected chi connectivity index (χ4v) is 3.17. The maximum absolute atomic E-state index is 9.99. The monoisotopic (exact) mass is 325 g/mol. The highest BCUT2D eigenvalue weighted by molar-refractivity contribution is 5.95. The number of phenols is 1. The molecular formula is C17H19N5O2. The average molecular weight is 325 g/mol. The molecule has 1 aromatic carbocycles. The molecule has 0 bridgehead atoms. The van der Waals surface area contributed by atoms with Gasteiger partial charge in [-0.1, -0.05) is 0 Å². The van der Waals surface area contributed by atoms with Crippen molar-refractivity contribution in [2.75, 3.05) is 18.9 Å². The summed E-state index contributed by atoms with van der Waals surface area (Å²) < 4.78 is 7.21. The first-order valence-corrected chi connectivity index (χ1v) is 8.06. The van der Waals surface area contributed by atoms with Crippen LogP contribution in [0.25, 0.3) is 16.9 Å². The highest BCUT2D eigenvalue weighted by Crippen LogP contribution is 2.33. The molecule has 0 unspecified atom stereocenters. The molecule has 3 N–H and O–H groups in total. The third kappa shape index (κ3) is 2.67. The van der Waals surface area contributed by atoms with Gasteiger partial charge < -0.3 is 15.6 Å². The van der Waals surface area contributed by atoms with Gasteiger partial charge in [0.1, 0.15) is 12.1 Å². The van der Waals surface area contributed by atoms with Crippen molar-refractivity contribution >= 4 is 16.6 Å². The van der Waals surface area contributed by atoms with Crippen molar-refractivity contribution in [1.82, 2.24) is 19.5 Å². The molecule has 2 aromatic heterocycles. The lowest BCUT2D eigenvalue weighted by Gasteiger charge is -2.22. The molecule has 1 fully saturated rings. The molecule has 1 aliphatic heterocycles. The molecule has 3 heterocycles. The van der Waals surface area contributed by atoms with Gasteiger partial charge >= 0.3 is 0 Å². The Hall–Kier alpha value is -2.67. The fraction of sp³-hybridized carbons (Fsp3) is 0.353. The largest absolute Gasteiger partial charge is 0.506 e. The number of aromatic hydroxyl groups is 1. The SMILES string of the molecule is Nc1c(O)ccc2nc(-n3ccnc3)nc(CC3CCOCC3)c12. The molecule has 7 heteroatoms. The van der Waals surface area contributed by atoms with Crippen LogP contribution in [0.15, 0.2) is 30.9 Å². The lowest BCUT2D eigenvalue weighted by atomic mass is 9.93. The number of rotatable bonds is 3. The van der Waals surface area contributed by atoms with E-state index in [1.165, 1.54) is 0 Å².